The molecule has 0 aliphatic heterocycles. The molecule has 0 heterocycles. The molecule has 0 rings (SSSR count). The lowest BCUT2D eigenvalue weighted by Crippen LogP contribution is -2.01. The van der Waals surface area contributed by atoms with Crippen LogP contribution in [0.1, 0.15) is 27.2 Å². The quantitative estimate of drug-likeness (QED) is 0.616. The molecule has 0 aromatic rings. The van der Waals surface area contributed by atoms with Gasteiger partial charge < -0.3 is 0 Å². The van der Waals surface area contributed by atoms with Crippen molar-refractivity contribution in [1.82, 2.24) is 0 Å². The van der Waals surface area contributed by atoms with Gasteiger partial charge in [0.25, 0.3) is 0 Å². The molecule has 2 heteroatoms. The number of hydrogen-bond donors (Lipinski definition) is 0. The minimum atomic E-state index is -0.0380. The standard InChI is InChI=1S/C10H15ClO/c1-4-5-10(11)7-6-8(2)9(3)12/h5-8H,4H2,1-3H3/b7-6-,10-5+. The van der Waals surface area contributed by atoms with Gasteiger partial charge in [-0.2, -0.15) is 0 Å². The first-order valence-corrected chi connectivity index (χ1v) is 4.50. The van der Waals surface area contributed by atoms with Gasteiger partial charge in [0, 0.05) is 11.0 Å². The Labute approximate surface area is 79.1 Å². The zero-order valence-electron chi connectivity index (χ0n) is 7.80. The molecule has 0 amide bonds. The SMILES string of the molecule is CC/C=C(Cl)\C=C/C(C)C(C)=O. The molecule has 0 aromatic heterocycles. The maximum absolute atomic E-state index is 10.8. The Balaban J connectivity index is 4.06. The largest absolute Gasteiger partial charge is 0.299 e. The van der Waals surface area contributed by atoms with E-state index in [1.54, 1.807) is 13.0 Å². The van der Waals surface area contributed by atoms with Gasteiger partial charge in [-0.25, -0.2) is 0 Å². The zero-order valence-corrected chi connectivity index (χ0v) is 8.56. The van der Waals surface area contributed by atoms with Crippen molar-refractivity contribution in [2.24, 2.45) is 5.92 Å². The molecule has 0 spiro atoms. The van der Waals surface area contributed by atoms with Crippen molar-refractivity contribution >= 4 is 17.4 Å². The molecule has 0 aliphatic carbocycles. The Kier molecular flexibility index (Phi) is 5.73. The molecule has 0 saturated carbocycles. The van der Waals surface area contributed by atoms with Gasteiger partial charge in [-0.1, -0.05) is 37.6 Å². The van der Waals surface area contributed by atoms with Gasteiger partial charge in [-0.3, -0.25) is 4.79 Å². The maximum atomic E-state index is 10.8. The van der Waals surface area contributed by atoms with Crippen molar-refractivity contribution in [3.05, 3.63) is 23.3 Å². The first-order chi connectivity index (χ1) is 5.57. The van der Waals surface area contributed by atoms with Gasteiger partial charge in [-0.15, -0.1) is 0 Å². The molecule has 0 bridgehead atoms. The Morgan fingerprint density at radius 2 is 2.17 bits per heavy atom. The normalized spacial score (nSPS) is 15.2. The molecule has 1 unspecified atom stereocenters. The summed E-state index contributed by atoms with van der Waals surface area (Å²) < 4.78 is 0. The lowest BCUT2D eigenvalue weighted by atomic mass is 10.1. The van der Waals surface area contributed by atoms with Gasteiger partial charge in [-0.05, 0) is 19.4 Å². The number of Topliss-reactive ketones (excluding diaryl/α,β-unsaturated/α-hetero) is 1. The molecule has 12 heavy (non-hydrogen) atoms. The van der Waals surface area contributed by atoms with Crippen molar-refractivity contribution in [3.8, 4) is 0 Å². The summed E-state index contributed by atoms with van der Waals surface area (Å²) in [6.07, 6.45) is 6.41. The topological polar surface area (TPSA) is 17.1 Å². The molecule has 0 radical (unpaired) electrons. The smallest absolute Gasteiger partial charge is 0.136 e. The van der Waals surface area contributed by atoms with E-state index in [0.717, 1.165) is 6.42 Å². The number of ketones is 1. The van der Waals surface area contributed by atoms with Crippen molar-refractivity contribution in [1.29, 1.82) is 0 Å². The fraction of sp³-hybridized carbons (Fsp3) is 0.500. The van der Waals surface area contributed by atoms with Crippen LogP contribution in [0.2, 0.25) is 0 Å². The highest BCUT2D eigenvalue weighted by Crippen LogP contribution is 2.07. The minimum absolute atomic E-state index is 0.0380. The van der Waals surface area contributed by atoms with Crippen LogP contribution in [0.15, 0.2) is 23.3 Å². The van der Waals surface area contributed by atoms with Crippen LogP contribution in [-0.2, 0) is 4.79 Å². The predicted octanol–water partition coefficient (Wildman–Crippen LogP) is 3.30. The average Bonchev–Trinajstić information content (AvgIpc) is 2.00. The first kappa shape index (κ1) is 11.4. The van der Waals surface area contributed by atoms with E-state index in [0.29, 0.717) is 5.03 Å². The Bertz CT molecular complexity index is 204. The van der Waals surface area contributed by atoms with Crippen LogP contribution in [0.5, 0.6) is 0 Å². The van der Waals surface area contributed by atoms with Gasteiger partial charge in [0.05, 0.1) is 0 Å². The summed E-state index contributed by atoms with van der Waals surface area (Å²) in [5.74, 6) is 0.122. The van der Waals surface area contributed by atoms with Crippen molar-refractivity contribution in [2.75, 3.05) is 0 Å². The minimum Gasteiger partial charge on any atom is -0.299 e. The molecule has 68 valence electrons. The maximum Gasteiger partial charge on any atom is 0.136 e. The number of allylic oxidation sites excluding steroid dienone is 4. The highest BCUT2D eigenvalue weighted by atomic mass is 35.5. The van der Waals surface area contributed by atoms with E-state index < -0.39 is 0 Å². The van der Waals surface area contributed by atoms with Gasteiger partial charge >= 0.3 is 0 Å². The molecule has 0 aliphatic rings. The highest BCUT2D eigenvalue weighted by molar-refractivity contribution is 6.31. The Morgan fingerprint density at radius 3 is 2.58 bits per heavy atom. The van der Waals surface area contributed by atoms with E-state index in [1.165, 1.54) is 0 Å². The predicted molar refractivity (Wildman–Crippen MR) is 53.2 cm³/mol. The number of rotatable bonds is 4. The Morgan fingerprint density at radius 1 is 1.58 bits per heavy atom. The highest BCUT2D eigenvalue weighted by Gasteiger charge is 2.00. The summed E-state index contributed by atoms with van der Waals surface area (Å²) in [6.45, 7) is 5.45. The first-order valence-electron chi connectivity index (χ1n) is 4.12. The van der Waals surface area contributed by atoms with E-state index >= 15 is 0 Å². The lowest BCUT2D eigenvalue weighted by molar-refractivity contribution is -0.118. The number of halogens is 1. The van der Waals surface area contributed by atoms with Crippen LogP contribution in [0.25, 0.3) is 0 Å². The van der Waals surface area contributed by atoms with Crippen LogP contribution < -0.4 is 0 Å². The monoisotopic (exact) mass is 186 g/mol. The van der Waals surface area contributed by atoms with E-state index in [2.05, 4.69) is 0 Å². The van der Waals surface area contributed by atoms with Crippen LogP contribution in [0.3, 0.4) is 0 Å². The summed E-state index contributed by atoms with van der Waals surface area (Å²) in [7, 11) is 0. The molecular weight excluding hydrogens is 172 g/mol. The van der Waals surface area contributed by atoms with Crippen molar-refractivity contribution in [2.45, 2.75) is 27.2 Å². The van der Waals surface area contributed by atoms with E-state index in [4.69, 9.17) is 11.6 Å². The second-order valence-corrected chi connectivity index (χ2v) is 3.19. The van der Waals surface area contributed by atoms with Crippen LogP contribution >= 0.6 is 11.6 Å². The van der Waals surface area contributed by atoms with Gasteiger partial charge in [0.2, 0.25) is 0 Å². The molecule has 1 atom stereocenters. The second-order valence-electron chi connectivity index (χ2n) is 2.76. The van der Waals surface area contributed by atoms with E-state index in [-0.39, 0.29) is 11.7 Å². The molecular formula is C10H15ClO. The molecule has 0 N–H and O–H groups in total. The fourth-order valence-corrected chi connectivity index (χ4v) is 0.862. The third kappa shape index (κ3) is 5.14. The van der Waals surface area contributed by atoms with Crippen LogP contribution in [0, 0.1) is 5.92 Å². The molecule has 0 aromatic carbocycles. The van der Waals surface area contributed by atoms with Gasteiger partial charge in [0.1, 0.15) is 5.78 Å². The number of hydrogen-bond acceptors (Lipinski definition) is 1. The average molecular weight is 187 g/mol. The summed E-state index contributed by atoms with van der Waals surface area (Å²) in [5.41, 5.74) is 0. The lowest BCUT2D eigenvalue weighted by Gasteiger charge is -1.97. The van der Waals surface area contributed by atoms with Crippen LogP contribution in [-0.4, -0.2) is 5.78 Å². The number of carbonyl (C=O) groups is 1. The molecule has 0 fully saturated rings. The summed E-state index contributed by atoms with van der Waals surface area (Å²) >= 11 is 5.79. The summed E-state index contributed by atoms with van der Waals surface area (Å²) in [4.78, 5) is 10.8. The summed E-state index contributed by atoms with van der Waals surface area (Å²) in [6, 6.07) is 0. The van der Waals surface area contributed by atoms with E-state index in [9.17, 15) is 4.79 Å². The number of carbonyl (C=O) groups excluding carboxylic acids is 1. The third-order valence-corrected chi connectivity index (χ3v) is 1.86. The van der Waals surface area contributed by atoms with E-state index in [1.807, 2.05) is 26.0 Å². The third-order valence-electron chi connectivity index (χ3n) is 1.58. The fourth-order valence-electron chi connectivity index (χ4n) is 0.635. The van der Waals surface area contributed by atoms with Crippen LogP contribution in [0.4, 0.5) is 0 Å². The molecule has 0 saturated heterocycles. The second kappa shape index (κ2) is 6.01. The molecule has 1 nitrogen and oxygen atoms in total. The van der Waals surface area contributed by atoms with Crippen molar-refractivity contribution in [3.63, 3.8) is 0 Å². The van der Waals surface area contributed by atoms with Crippen molar-refractivity contribution < 1.29 is 4.79 Å². The van der Waals surface area contributed by atoms with Gasteiger partial charge in [0.15, 0.2) is 0 Å². The Hall–Kier alpha value is -0.560. The zero-order chi connectivity index (χ0) is 9.56. The summed E-state index contributed by atoms with van der Waals surface area (Å²) in [5, 5.41) is 0.700.